The summed E-state index contributed by atoms with van der Waals surface area (Å²) in [7, 11) is 0. The van der Waals surface area contributed by atoms with Crippen LogP contribution in [0.4, 0.5) is 11.4 Å². The standard InChI is InChI=1S/C14H9Cl3N2O2S/c15-8-4-10(17)11(5-9(8)16)19-14(22)18-7-1-2-12-13(3-7)21-6-20-12/h1-5H,6H2,(H2,18,19,22). The van der Waals surface area contributed by atoms with Crippen LogP contribution in [0.2, 0.25) is 15.1 Å². The summed E-state index contributed by atoms with van der Waals surface area (Å²) in [6.45, 7) is 0.223. The van der Waals surface area contributed by atoms with Crippen molar-refractivity contribution in [3.05, 3.63) is 45.4 Å². The SMILES string of the molecule is S=C(Nc1ccc2c(c1)OCO2)Nc1cc(Cl)c(Cl)cc1Cl. The molecule has 2 aromatic carbocycles. The number of benzene rings is 2. The van der Waals surface area contributed by atoms with Crippen molar-refractivity contribution < 1.29 is 9.47 Å². The quantitative estimate of drug-likeness (QED) is 0.559. The Labute approximate surface area is 147 Å². The lowest BCUT2D eigenvalue weighted by atomic mass is 10.3. The summed E-state index contributed by atoms with van der Waals surface area (Å²) in [5.41, 5.74) is 1.33. The maximum atomic E-state index is 6.10. The molecule has 0 spiro atoms. The molecule has 0 aromatic heterocycles. The molecule has 4 nitrogen and oxygen atoms in total. The Morgan fingerprint density at radius 3 is 2.45 bits per heavy atom. The van der Waals surface area contributed by atoms with E-state index in [1.165, 1.54) is 0 Å². The van der Waals surface area contributed by atoms with Gasteiger partial charge in [-0.15, -0.1) is 0 Å². The van der Waals surface area contributed by atoms with Crippen molar-refractivity contribution >= 4 is 63.5 Å². The van der Waals surface area contributed by atoms with Crippen molar-refractivity contribution in [2.45, 2.75) is 0 Å². The molecule has 0 amide bonds. The van der Waals surface area contributed by atoms with Crippen LogP contribution in [-0.2, 0) is 0 Å². The van der Waals surface area contributed by atoms with Gasteiger partial charge in [0.05, 0.1) is 20.8 Å². The highest BCUT2D eigenvalue weighted by molar-refractivity contribution is 7.80. The Morgan fingerprint density at radius 2 is 1.64 bits per heavy atom. The Bertz CT molecular complexity index is 755. The van der Waals surface area contributed by atoms with E-state index in [1.54, 1.807) is 24.3 Å². The van der Waals surface area contributed by atoms with Crippen LogP contribution >= 0.6 is 47.0 Å². The van der Waals surface area contributed by atoms with Gasteiger partial charge in [0.25, 0.3) is 0 Å². The third kappa shape index (κ3) is 3.33. The first-order chi connectivity index (χ1) is 10.5. The molecule has 0 saturated carbocycles. The van der Waals surface area contributed by atoms with Crippen LogP contribution in [0.3, 0.4) is 0 Å². The first kappa shape index (κ1) is 15.5. The van der Waals surface area contributed by atoms with Crippen LogP contribution in [0.25, 0.3) is 0 Å². The highest BCUT2D eigenvalue weighted by Crippen LogP contribution is 2.35. The molecule has 2 aromatic rings. The van der Waals surface area contributed by atoms with Gasteiger partial charge in [-0.25, -0.2) is 0 Å². The van der Waals surface area contributed by atoms with Crippen molar-refractivity contribution in [1.82, 2.24) is 0 Å². The molecule has 1 aliphatic rings. The molecule has 1 aliphatic heterocycles. The molecule has 114 valence electrons. The van der Waals surface area contributed by atoms with Gasteiger partial charge in [-0.1, -0.05) is 34.8 Å². The molecule has 0 saturated heterocycles. The number of rotatable bonds is 2. The Hall–Kier alpha value is -1.40. The topological polar surface area (TPSA) is 42.5 Å². The zero-order chi connectivity index (χ0) is 15.7. The lowest BCUT2D eigenvalue weighted by Gasteiger charge is -2.13. The smallest absolute Gasteiger partial charge is 0.231 e. The number of nitrogens with one attached hydrogen (secondary N) is 2. The Kier molecular flexibility index (Phi) is 4.49. The number of thiocarbonyl (C=S) groups is 1. The average Bonchev–Trinajstić information content (AvgIpc) is 2.92. The van der Waals surface area contributed by atoms with E-state index in [-0.39, 0.29) is 6.79 Å². The molecule has 2 N–H and O–H groups in total. The predicted octanol–water partition coefficient (Wildman–Crippen LogP) is 5.18. The van der Waals surface area contributed by atoms with E-state index in [4.69, 9.17) is 56.5 Å². The lowest BCUT2D eigenvalue weighted by Crippen LogP contribution is -2.19. The molecule has 0 fully saturated rings. The largest absolute Gasteiger partial charge is 0.454 e. The van der Waals surface area contributed by atoms with Gasteiger partial charge in [-0.3, -0.25) is 0 Å². The number of anilines is 2. The van der Waals surface area contributed by atoms with Crippen LogP contribution in [0.1, 0.15) is 0 Å². The second-order valence-corrected chi connectivity index (χ2v) is 6.02. The van der Waals surface area contributed by atoms with Crippen LogP contribution in [-0.4, -0.2) is 11.9 Å². The van der Waals surface area contributed by atoms with Crippen molar-refractivity contribution in [2.24, 2.45) is 0 Å². The summed E-state index contributed by atoms with van der Waals surface area (Å²) < 4.78 is 10.6. The van der Waals surface area contributed by atoms with Crippen LogP contribution < -0.4 is 20.1 Å². The van der Waals surface area contributed by atoms with Gasteiger partial charge in [-0.2, -0.15) is 0 Å². The molecule has 0 aliphatic carbocycles. The molecule has 0 bridgehead atoms. The number of hydrogen-bond acceptors (Lipinski definition) is 3. The van der Waals surface area contributed by atoms with E-state index in [1.807, 2.05) is 6.07 Å². The molecular formula is C14H9Cl3N2O2S. The molecule has 0 radical (unpaired) electrons. The van der Waals surface area contributed by atoms with E-state index >= 15 is 0 Å². The van der Waals surface area contributed by atoms with Gasteiger partial charge in [-0.05, 0) is 36.5 Å². The second-order valence-electron chi connectivity index (χ2n) is 4.39. The predicted molar refractivity (Wildman–Crippen MR) is 93.9 cm³/mol. The fourth-order valence-electron chi connectivity index (χ4n) is 1.88. The average molecular weight is 376 g/mol. The van der Waals surface area contributed by atoms with Crippen molar-refractivity contribution in [2.75, 3.05) is 17.4 Å². The van der Waals surface area contributed by atoms with E-state index in [0.717, 1.165) is 5.69 Å². The fraction of sp³-hybridized carbons (Fsp3) is 0.0714. The van der Waals surface area contributed by atoms with E-state index < -0.39 is 0 Å². The number of fused-ring (bicyclic) bond motifs is 1. The lowest BCUT2D eigenvalue weighted by molar-refractivity contribution is 0.174. The van der Waals surface area contributed by atoms with Crippen LogP contribution in [0.5, 0.6) is 11.5 Å². The fourth-order valence-corrected chi connectivity index (χ4v) is 2.70. The minimum absolute atomic E-state index is 0.223. The molecule has 1 heterocycles. The first-order valence-corrected chi connectivity index (χ1v) is 7.69. The van der Waals surface area contributed by atoms with Gasteiger partial charge in [0.15, 0.2) is 16.6 Å². The molecule has 0 atom stereocenters. The number of ether oxygens (including phenoxy) is 2. The normalized spacial score (nSPS) is 12.1. The monoisotopic (exact) mass is 374 g/mol. The summed E-state index contributed by atoms with van der Waals surface area (Å²) in [6, 6.07) is 8.60. The maximum Gasteiger partial charge on any atom is 0.231 e. The highest BCUT2D eigenvalue weighted by atomic mass is 35.5. The zero-order valence-electron chi connectivity index (χ0n) is 11.0. The Morgan fingerprint density at radius 1 is 0.909 bits per heavy atom. The van der Waals surface area contributed by atoms with Gasteiger partial charge < -0.3 is 20.1 Å². The maximum absolute atomic E-state index is 6.10. The minimum atomic E-state index is 0.223. The highest BCUT2D eigenvalue weighted by Gasteiger charge is 2.14. The van der Waals surface area contributed by atoms with Crippen molar-refractivity contribution in [3.63, 3.8) is 0 Å². The molecular weight excluding hydrogens is 367 g/mol. The third-order valence-corrected chi connectivity index (χ3v) is 4.13. The summed E-state index contributed by atoms with van der Waals surface area (Å²) in [6.07, 6.45) is 0. The van der Waals surface area contributed by atoms with E-state index in [2.05, 4.69) is 10.6 Å². The minimum Gasteiger partial charge on any atom is -0.454 e. The summed E-state index contributed by atoms with van der Waals surface area (Å²) in [4.78, 5) is 0. The van der Waals surface area contributed by atoms with Crippen molar-refractivity contribution in [1.29, 1.82) is 0 Å². The first-order valence-electron chi connectivity index (χ1n) is 6.15. The van der Waals surface area contributed by atoms with Crippen LogP contribution in [0, 0.1) is 0 Å². The van der Waals surface area contributed by atoms with E-state index in [9.17, 15) is 0 Å². The van der Waals surface area contributed by atoms with Gasteiger partial charge >= 0.3 is 0 Å². The van der Waals surface area contributed by atoms with E-state index in [0.29, 0.717) is 37.4 Å². The molecule has 8 heteroatoms. The third-order valence-electron chi connectivity index (χ3n) is 2.89. The summed E-state index contributed by atoms with van der Waals surface area (Å²) in [5, 5.41) is 7.55. The van der Waals surface area contributed by atoms with Crippen molar-refractivity contribution in [3.8, 4) is 11.5 Å². The second kappa shape index (κ2) is 6.38. The van der Waals surface area contributed by atoms with Gasteiger partial charge in [0.2, 0.25) is 6.79 Å². The van der Waals surface area contributed by atoms with Crippen LogP contribution in [0.15, 0.2) is 30.3 Å². The van der Waals surface area contributed by atoms with Gasteiger partial charge in [0.1, 0.15) is 0 Å². The summed E-state index contributed by atoms with van der Waals surface area (Å²) in [5.74, 6) is 1.37. The number of halogens is 3. The number of hydrogen-bond donors (Lipinski definition) is 2. The molecule has 22 heavy (non-hydrogen) atoms. The Balaban J connectivity index is 1.71. The van der Waals surface area contributed by atoms with Gasteiger partial charge in [0, 0.05) is 11.8 Å². The molecule has 3 rings (SSSR count). The zero-order valence-corrected chi connectivity index (χ0v) is 14.0. The summed E-state index contributed by atoms with van der Waals surface area (Å²) >= 11 is 23.2. The molecule has 0 unspecified atom stereocenters.